The van der Waals surface area contributed by atoms with Crippen molar-refractivity contribution in [3.63, 3.8) is 0 Å². The molecule has 0 bridgehead atoms. The summed E-state index contributed by atoms with van der Waals surface area (Å²) in [4.78, 5) is 9.01. The van der Waals surface area contributed by atoms with Crippen LogP contribution in [0.4, 0.5) is 0 Å². The topological polar surface area (TPSA) is 46.5 Å². The normalized spacial score (nSPS) is 17.9. The number of nitrogens with zero attached hydrogens (tertiary/aromatic N) is 1. The van der Waals surface area contributed by atoms with Crippen molar-refractivity contribution < 1.29 is 18.5 Å². The summed E-state index contributed by atoms with van der Waals surface area (Å²) in [5, 5.41) is 0. The quantitative estimate of drug-likeness (QED) is 0.509. The van der Waals surface area contributed by atoms with Gasteiger partial charge in [0.2, 0.25) is 0 Å². The second-order valence-corrected chi connectivity index (χ2v) is 5.64. The van der Waals surface area contributed by atoms with Crippen LogP contribution in [0.15, 0.2) is 0 Å². The Hall–Kier alpha value is 0.110. The van der Waals surface area contributed by atoms with Gasteiger partial charge in [0.15, 0.2) is 0 Å². The Morgan fingerprint density at radius 2 is 1.91 bits per heavy atom. The smallest absolute Gasteiger partial charge is 0.330 e. The van der Waals surface area contributed by atoms with Crippen molar-refractivity contribution in [1.29, 1.82) is 0 Å². The number of hydrogen-bond donors (Lipinski definition) is 1. The highest BCUT2D eigenvalue weighted by Crippen LogP contribution is 2.40. The van der Waals surface area contributed by atoms with Gasteiger partial charge in [-0.15, -0.1) is 0 Å². The summed E-state index contributed by atoms with van der Waals surface area (Å²) in [7, 11) is 3.88. The van der Waals surface area contributed by atoms with E-state index in [0.717, 1.165) is 0 Å². The van der Waals surface area contributed by atoms with Crippen LogP contribution in [0.25, 0.3) is 0 Å². The molecule has 1 unspecified atom stereocenters. The average Bonchev–Trinajstić information content (AvgIpc) is 1.83. The largest absolute Gasteiger partial charge is 0.333 e. The molecule has 0 aliphatic rings. The lowest BCUT2D eigenvalue weighted by molar-refractivity contribution is -0.867. The SMILES string of the molecule is COP(=O)(O)CC[N+](C)(C)C. The van der Waals surface area contributed by atoms with E-state index in [1.165, 1.54) is 7.11 Å². The van der Waals surface area contributed by atoms with Gasteiger partial charge >= 0.3 is 7.60 Å². The Kier molecular flexibility index (Phi) is 3.71. The summed E-state index contributed by atoms with van der Waals surface area (Å²) in [5.41, 5.74) is 0. The molecular weight excluding hydrogens is 165 g/mol. The molecule has 0 rings (SSSR count). The Morgan fingerprint density at radius 1 is 1.45 bits per heavy atom. The molecular formula is C6H17NO3P+. The van der Waals surface area contributed by atoms with Crippen LogP contribution in [0, 0.1) is 0 Å². The third-order valence-electron chi connectivity index (χ3n) is 1.34. The van der Waals surface area contributed by atoms with Crippen LogP contribution in [0.2, 0.25) is 0 Å². The molecule has 68 valence electrons. The fraction of sp³-hybridized carbons (Fsp3) is 1.00. The second-order valence-electron chi connectivity index (χ2n) is 3.56. The number of quaternary nitrogens is 1. The van der Waals surface area contributed by atoms with E-state index in [-0.39, 0.29) is 6.16 Å². The molecule has 0 aromatic carbocycles. The monoisotopic (exact) mass is 182 g/mol. The molecule has 0 amide bonds. The Balaban J connectivity index is 3.80. The van der Waals surface area contributed by atoms with Gasteiger partial charge < -0.3 is 13.9 Å². The van der Waals surface area contributed by atoms with Gasteiger partial charge in [-0.1, -0.05) is 0 Å². The molecule has 1 N–H and O–H groups in total. The molecule has 0 aliphatic carbocycles. The highest BCUT2D eigenvalue weighted by atomic mass is 31.2. The summed E-state index contributed by atoms with van der Waals surface area (Å²) in [6, 6.07) is 0. The molecule has 0 saturated carbocycles. The molecule has 11 heavy (non-hydrogen) atoms. The van der Waals surface area contributed by atoms with Crippen molar-refractivity contribution in [1.82, 2.24) is 0 Å². The maximum atomic E-state index is 11.0. The van der Waals surface area contributed by atoms with Gasteiger partial charge in [-0.2, -0.15) is 0 Å². The van der Waals surface area contributed by atoms with Crippen LogP contribution >= 0.6 is 7.60 Å². The molecule has 0 heterocycles. The van der Waals surface area contributed by atoms with Crippen LogP contribution in [-0.4, -0.2) is 50.3 Å². The number of rotatable bonds is 4. The lowest BCUT2D eigenvalue weighted by Crippen LogP contribution is -2.37. The van der Waals surface area contributed by atoms with Gasteiger partial charge in [0.25, 0.3) is 0 Å². The van der Waals surface area contributed by atoms with Gasteiger partial charge in [-0.05, 0) is 0 Å². The molecule has 0 saturated heterocycles. The fourth-order valence-electron chi connectivity index (χ4n) is 0.518. The van der Waals surface area contributed by atoms with Crippen molar-refractivity contribution >= 4 is 7.60 Å². The van der Waals surface area contributed by atoms with E-state index >= 15 is 0 Å². The lowest BCUT2D eigenvalue weighted by atomic mass is 10.6. The predicted molar refractivity (Wildman–Crippen MR) is 44.6 cm³/mol. The van der Waals surface area contributed by atoms with E-state index in [0.29, 0.717) is 11.0 Å². The van der Waals surface area contributed by atoms with E-state index in [1.807, 2.05) is 21.1 Å². The molecule has 0 aliphatic heterocycles. The summed E-state index contributed by atoms with van der Waals surface area (Å²) in [5.74, 6) is 0. The maximum absolute atomic E-state index is 11.0. The van der Waals surface area contributed by atoms with Crippen molar-refractivity contribution in [3.8, 4) is 0 Å². The zero-order valence-corrected chi connectivity index (χ0v) is 8.47. The van der Waals surface area contributed by atoms with E-state index in [2.05, 4.69) is 4.52 Å². The van der Waals surface area contributed by atoms with Crippen LogP contribution in [0.3, 0.4) is 0 Å². The standard InChI is InChI=1S/C6H16NO3P/c1-7(2,3)5-6-11(8,9)10-4/h5-6H2,1-4H3/p+1. The van der Waals surface area contributed by atoms with Gasteiger partial charge in [-0.3, -0.25) is 4.57 Å². The van der Waals surface area contributed by atoms with Gasteiger partial charge in [0, 0.05) is 7.11 Å². The van der Waals surface area contributed by atoms with Crippen LogP contribution in [0.1, 0.15) is 0 Å². The summed E-state index contributed by atoms with van der Waals surface area (Å²) >= 11 is 0. The fourth-order valence-corrected chi connectivity index (χ4v) is 1.55. The molecule has 4 nitrogen and oxygen atoms in total. The molecule has 0 aromatic rings. The predicted octanol–water partition coefficient (Wildman–Crippen LogP) is 0.524. The van der Waals surface area contributed by atoms with Gasteiger partial charge in [-0.25, -0.2) is 0 Å². The van der Waals surface area contributed by atoms with Crippen molar-refractivity contribution in [2.75, 3.05) is 41.0 Å². The third kappa shape index (κ3) is 6.51. The van der Waals surface area contributed by atoms with Crippen molar-refractivity contribution in [2.24, 2.45) is 0 Å². The van der Waals surface area contributed by atoms with E-state index in [4.69, 9.17) is 4.89 Å². The summed E-state index contributed by atoms with van der Waals surface area (Å²) in [6.45, 7) is 0.640. The zero-order valence-electron chi connectivity index (χ0n) is 7.57. The minimum Gasteiger partial charge on any atom is -0.330 e. The summed E-state index contributed by atoms with van der Waals surface area (Å²) < 4.78 is 16.1. The minimum atomic E-state index is -3.29. The first-order chi connectivity index (χ1) is 4.77. The summed E-state index contributed by atoms with van der Waals surface area (Å²) in [6.07, 6.45) is 0.215. The highest BCUT2D eigenvalue weighted by molar-refractivity contribution is 7.52. The number of hydrogen-bond acceptors (Lipinski definition) is 2. The van der Waals surface area contributed by atoms with Crippen molar-refractivity contribution in [3.05, 3.63) is 0 Å². The average molecular weight is 182 g/mol. The molecule has 5 heteroatoms. The highest BCUT2D eigenvalue weighted by Gasteiger charge is 2.21. The Labute approximate surface area is 67.9 Å². The minimum absolute atomic E-state index is 0.215. The molecule has 0 fully saturated rings. The van der Waals surface area contributed by atoms with Crippen LogP contribution in [-0.2, 0) is 9.09 Å². The van der Waals surface area contributed by atoms with E-state index in [9.17, 15) is 4.57 Å². The Morgan fingerprint density at radius 3 is 2.18 bits per heavy atom. The molecule has 0 radical (unpaired) electrons. The lowest BCUT2D eigenvalue weighted by Gasteiger charge is -2.24. The van der Waals surface area contributed by atoms with Crippen LogP contribution in [0.5, 0.6) is 0 Å². The van der Waals surface area contributed by atoms with Gasteiger partial charge in [0.05, 0.1) is 33.8 Å². The zero-order chi connectivity index (χ0) is 9.12. The molecule has 0 aromatic heterocycles. The van der Waals surface area contributed by atoms with Crippen molar-refractivity contribution in [2.45, 2.75) is 0 Å². The first-order valence-electron chi connectivity index (χ1n) is 3.45. The second kappa shape index (κ2) is 3.68. The van der Waals surface area contributed by atoms with Crippen LogP contribution < -0.4 is 0 Å². The first-order valence-corrected chi connectivity index (χ1v) is 5.21. The molecule has 1 atom stereocenters. The third-order valence-corrected chi connectivity index (χ3v) is 2.67. The van der Waals surface area contributed by atoms with E-state index in [1.54, 1.807) is 0 Å². The van der Waals surface area contributed by atoms with Gasteiger partial charge in [0.1, 0.15) is 0 Å². The first kappa shape index (κ1) is 11.1. The molecule has 0 spiro atoms. The Bertz CT molecular complexity index is 164. The van der Waals surface area contributed by atoms with E-state index < -0.39 is 7.60 Å². The maximum Gasteiger partial charge on any atom is 0.333 e.